The van der Waals surface area contributed by atoms with E-state index in [9.17, 15) is 23.1 Å². The summed E-state index contributed by atoms with van der Waals surface area (Å²) in [5.41, 5.74) is 11.3. The van der Waals surface area contributed by atoms with Gasteiger partial charge in [-0.05, 0) is 30.3 Å². The van der Waals surface area contributed by atoms with Crippen LogP contribution in [0.15, 0.2) is 35.2 Å². The average Bonchev–Trinajstić information content (AvgIpc) is 2.53. The fraction of sp³-hybridized carbons (Fsp3) is 0.125. The summed E-state index contributed by atoms with van der Waals surface area (Å²) in [6.07, 6.45) is 0. The molecule has 2 aromatic rings. The first kappa shape index (κ1) is 22.5. The Balaban J connectivity index is 0.000000292. The predicted molar refractivity (Wildman–Crippen MR) is 103 cm³/mol. The Morgan fingerprint density at radius 3 is 1.86 bits per heavy atom. The van der Waals surface area contributed by atoms with E-state index in [1.54, 1.807) is 6.07 Å². The molecule has 0 radical (unpaired) electrons. The minimum absolute atomic E-state index is 0.0177. The second-order valence-electron chi connectivity index (χ2n) is 5.52. The van der Waals surface area contributed by atoms with Gasteiger partial charge >= 0.3 is 0 Å². The summed E-state index contributed by atoms with van der Waals surface area (Å²) in [6.45, 7) is 2.62. The van der Waals surface area contributed by atoms with E-state index in [0.717, 1.165) is 6.07 Å². The maximum atomic E-state index is 10.9. The normalized spacial score (nSPS) is 10.4. The largest absolute Gasteiger partial charge is 0.506 e. The van der Waals surface area contributed by atoms with Crippen molar-refractivity contribution in [2.24, 2.45) is 0 Å². The Bertz CT molecular complexity index is 1010. The summed E-state index contributed by atoms with van der Waals surface area (Å²) < 4.78 is 30.5. The number of nitrogens with one attached hydrogen (secondary N) is 2. The quantitative estimate of drug-likeness (QED) is 0.167. The molecule has 0 aliphatic carbocycles. The van der Waals surface area contributed by atoms with E-state index in [1.807, 2.05) is 0 Å². The maximum Gasteiger partial charge on any atom is 0.298 e. The number of amides is 2. The highest BCUT2D eigenvalue weighted by atomic mass is 32.2. The van der Waals surface area contributed by atoms with Gasteiger partial charge in [0.25, 0.3) is 10.1 Å². The van der Waals surface area contributed by atoms with E-state index in [-0.39, 0.29) is 28.7 Å². The molecule has 9 N–H and O–H groups in total. The molecule has 2 rings (SSSR count). The van der Waals surface area contributed by atoms with Gasteiger partial charge in [-0.1, -0.05) is 0 Å². The minimum atomic E-state index is -4.60. The molecule has 0 unspecified atom stereocenters. The standard InChI is InChI=1S/C8H10N2O5S.C8H10N2O2/c1-4(11)10-5-2-6(9)8(12)7(3-5)16(13,14)15;1-5(11)10-6-2-3-8(12)7(9)4-6/h2-3,12H,9H2,1H3,(H,10,11)(H,13,14,15);2-4,12H,9H2,1H3,(H,10,11). The van der Waals surface area contributed by atoms with Crippen molar-refractivity contribution >= 4 is 44.7 Å². The van der Waals surface area contributed by atoms with E-state index in [0.29, 0.717) is 5.69 Å². The summed E-state index contributed by atoms with van der Waals surface area (Å²) in [5.74, 6) is -1.34. The number of nitrogen functional groups attached to an aromatic ring is 2. The van der Waals surface area contributed by atoms with E-state index >= 15 is 0 Å². The van der Waals surface area contributed by atoms with Gasteiger partial charge in [-0.15, -0.1) is 0 Å². The molecule has 12 heteroatoms. The Morgan fingerprint density at radius 1 is 0.893 bits per heavy atom. The predicted octanol–water partition coefficient (Wildman–Crippen LogP) is 1.11. The molecule has 2 amide bonds. The average molecular weight is 412 g/mol. The Kier molecular flexibility index (Phi) is 7.18. The minimum Gasteiger partial charge on any atom is -0.506 e. The molecule has 11 nitrogen and oxygen atoms in total. The highest BCUT2D eigenvalue weighted by molar-refractivity contribution is 7.86. The Morgan fingerprint density at radius 2 is 1.39 bits per heavy atom. The number of rotatable bonds is 3. The number of aromatic hydroxyl groups is 2. The topological polar surface area (TPSA) is 205 Å². The molecule has 0 atom stereocenters. The van der Waals surface area contributed by atoms with Crippen molar-refractivity contribution in [1.29, 1.82) is 0 Å². The number of hydrogen-bond donors (Lipinski definition) is 7. The van der Waals surface area contributed by atoms with Crippen molar-refractivity contribution in [3.05, 3.63) is 30.3 Å². The summed E-state index contributed by atoms with van der Waals surface area (Å²) in [4.78, 5) is 20.6. The molecule has 0 saturated heterocycles. The van der Waals surface area contributed by atoms with E-state index in [1.165, 1.54) is 32.0 Å². The zero-order valence-corrected chi connectivity index (χ0v) is 15.7. The third-order valence-corrected chi connectivity index (χ3v) is 3.92. The summed E-state index contributed by atoms with van der Waals surface area (Å²) in [5, 5.41) is 23.2. The molecule has 0 saturated carbocycles. The van der Waals surface area contributed by atoms with Gasteiger partial charge < -0.3 is 32.3 Å². The molecule has 0 aliphatic rings. The molecule has 28 heavy (non-hydrogen) atoms. The molecular weight excluding hydrogens is 392 g/mol. The Hall–Kier alpha value is -3.51. The first-order valence-corrected chi connectivity index (χ1v) is 8.99. The van der Waals surface area contributed by atoms with Gasteiger partial charge in [-0.25, -0.2) is 0 Å². The summed E-state index contributed by atoms with van der Waals surface area (Å²) in [7, 11) is -4.60. The molecule has 2 aromatic carbocycles. The van der Waals surface area contributed by atoms with E-state index < -0.39 is 26.7 Å². The van der Waals surface area contributed by atoms with Crippen LogP contribution in [0.2, 0.25) is 0 Å². The van der Waals surface area contributed by atoms with Crippen LogP contribution >= 0.6 is 0 Å². The molecule has 0 heterocycles. The lowest BCUT2D eigenvalue weighted by Gasteiger charge is -2.08. The van der Waals surface area contributed by atoms with Crippen molar-refractivity contribution in [3.8, 4) is 11.5 Å². The number of nitrogens with two attached hydrogens (primary N) is 2. The molecular formula is C16H20N4O7S. The number of phenols is 2. The smallest absolute Gasteiger partial charge is 0.298 e. The van der Waals surface area contributed by atoms with Crippen LogP contribution in [0.3, 0.4) is 0 Å². The molecule has 152 valence electrons. The summed E-state index contributed by atoms with van der Waals surface area (Å²) >= 11 is 0. The van der Waals surface area contributed by atoms with Crippen LogP contribution in [0, 0.1) is 0 Å². The van der Waals surface area contributed by atoms with Crippen molar-refractivity contribution in [2.45, 2.75) is 18.7 Å². The van der Waals surface area contributed by atoms with Gasteiger partial charge in [0.15, 0.2) is 5.75 Å². The fourth-order valence-electron chi connectivity index (χ4n) is 1.94. The van der Waals surface area contributed by atoms with E-state index in [2.05, 4.69) is 10.6 Å². The number of phenolic OH excluding ortho intramolecular Hbond substituents is 2. The van der Waals surface area contributed by atoms with Crippen LogP contribution in [-0.4, -0.2) is 35.0 Å². The number of carbonyl (C=O) groups excluding carboxylic acids is 2. The van der Waals surface area contributed by atoms with Crippen LogP contribution in [0.5, 0.6) is 11.5 Å². The summed E-state index contributed by atoms with van der Waals surface area (Å²) in [6, 6.07) is 6.58. The monoisotopic (exact) mass is 412 g/mol. The third kappa shape index (κ3) is 6.66. The second kappa shape index (κ2) is 8.92. The first-order chi connectivity index (χ1) is 12.8. The SMILES string of the molecule is CC(=O)Nc1cc(N)c(O)c(S(=O)(=O)O)c1.CC(=O)Nc1ccc(O)c(N)c1. The second-order valence-corrected chi connectivity index (χ2v) is 6.91. The fourth-order valence-corrected chi connectivity index (χ4v) is 2.58. The van der Waals surface area contributed by atoms with Crippen molar-refractivity contribution in [3.63, 3.8) is 0 Å². The highest BCUT2D eigenvalue weighted by Gasteiger charge is 2.19. The lowest BCUT2D eigenvalue weighted by molar-refractivity contribution is -0.115. The lowest BCUT2D eigenvalue weighted by atomic mass is 10.2. The van der Waals surface area contributed by atoms with Crippen LogP contribution in [0.4, 0.5) is 22.7 Å². The first-order valence-electron chi connectivity index (χ1n) is 7.55. The molecule has 0 aromatic heterocycles. The van der Waals surface area contributed by atoms with Gasteiger partial charge in [0.1, 0.15) is 10.6 Å². The van der Waals surface area contributed by atoms with Gasteiger partial charge in [-0.2, -0.15) is 8.42 Å². The van der Waals surface area contributed by atoms with Crippen molar-refractivity contribution < 1.29 is 32.8 Å². The molecule has 0 aliphatic heterocycles. The molecule has 0 bridgehead atoms. The zero-order chi connectivity index (χ0) is 21.6. The molecule has 0 fully saturated rings. The maximum absolute atomic E-state index is 10.9. The van der Waals surface area contributed by atoms with Crippen LogP contribution in [-0.2, 0) is 19.7 Å². The highest BCUT2D eigenvalue weighted by Crippen LogP contribution is 2.32. The zero-order valence-electron chi connectivity index (χ0n) is 14.9. The van der Waals surface area contributed by atoms with Gasteiger partial charge in [0.05, 0.1) is 11.4 Å². The van der Waals surface area contributed by atoms with Crippen LogP contribution in [0.1, 0.15) is 13.8 Å². The van der Waals surface area contributed by atoms with Crippen LogP contribution in [0.25, 0.3) is 0 Å². The van der Waals surface area contributed by atoms with Crippen molar-refractivity contribution in [1.82, 2.24) is 0 Å². The molecule has 0 spiro atoms. The number of carbonyl (C=O) groups is 2. The van der Waals surface area contributed by atoms with Gasteiger partial charge in [-0.3, -0.25) is 14.1 Å². The number of hydrogen-bond acceptors (Lipinski definition) is 8. The van der Waals surface area contributed by atoms with Gasteiger partial charge in [0, 0.05) is 25.2 Å². The van der Waals surface area contributed by atoms with Crippen molar-refractivity contribution in [2.75, 3.05) is 22.1 Å². The van der Waals surface area contributed by atoms with E-state index in [4.69, 9.17) is 21.1 Å². The van der Waals surface area contributed by atoms with Crippen LogP contribution < -0.4 is 22.1 Å². The lowest BCUT2D eigenvalue weighted by Crippen LogP contribution is -2.08. The third-order valence-electron chi connectivity index (χ3n) is 3.05. The Labute approximate surface area is 160 Å². The number of benzene rings is 2. The van der Waals surface area contributed by atoms with Gasteiger partial charge in [0.2, 0.25) is 11.8 Å². The number of anilines is 4.